The van der Waals surface area contributed by atoms with Crippen LogP contribution < -0.4 is 5.32 Å². The van der Waals surface area contributed by atoms with Crippen molar-refractivity contribution in [3.63, 3.8) is 0 Å². The number of nitrogens with one attached hydrogen (secondary N) is 1. The van der Waals surface area contributed by atoms with Gasteiger partial charge in [0.15, 0.2) is 0 Å². The van der Waals surface area contributed by atoms with Crippen LogP contribution in [0.4, 0.5) is 0 Å². The van der Waals surface area contributed by atoms with E-state index < -0.39 is 5.97 Å². The maximum Gasteiger partial charge on any atom is 0.303 e. The van der Waals surface area contributed by atoms with Crippen LogP contribution in [0.2, 0.25) is 0 Å². The van der Waals surface area contributed by atoms with Crippen molar-refractivity contribution in [2.45, 2.75) is 143 Å². The quantitative estimate of drug-likeness (QED) is 0.142. The van der Waals surface area contributed by atoms with Crippen LogP contribution in [0.5, 0.6) is 0 Å². The zero-order valence-electron chi connectivity index (χ0n) is 28.6. The highest BCUT2D eigenvalue weighted by Gasteiger charge is 2.71. The molecule has 0 saturated heterocycles. The van der Waals surface area contributed by atoms with Crippen LogP contribution in [-0.4, -0.2) is 46.5 Å². The topological polar surface area (TPSA) is 107 Å². The summed E-state index contributed by atoms with van der Waals surface area (Å²) >= 11 is 0. The van der Waals surface area contributed by atoms with Gasteiger partial charge >= 0.3 is 5.97 Å². The molecule has 6 heteroatoms. The van der Waals surface area contributed by atoms with Crippen molar-refractivity contribution in [1.82, 2.24) is 5.32 Å². The Hall–Kier alpha value is -1.40. The van der Waals surface area contributed by atoms with Crippen molar-refractivity contribution in [1.29, 1.82) is 0 Å². The highest BCUT2D eigenvalue weighted by molar-refractivity contribution is 5.84. The van der Waals surface area contributed by atoms with Crippen molar-refractivity contribution in [2.24, 2.45) is 56.7 Å². The molecule has 1 amide bonds. The molecule has 0 aromatic heterocycles. The largest absolute Gasteiger partial charge is 0.481 e. The predicted octanol–water partition coefficient (Wildman–Crippen LogP) is 7.52. The molecule has 5 saturated carbocycles. The maximum absolute atomic E-state index is 14.3. The Morgan fingerprint density at radius 3 is 2.20 bits per heavy atom. The van der Waals surface area contributed by atoms with E-state index in [9.17, 15) is 19.8 Å². The van der Waals surface area contributed by atoms with Gasteiger partial charge in [0.05, 0.1) is 18.1 Å². The summed E-state index contributed by atoms with van der Waals surface area (Å²) in [5.41, 5.74) is 1.03. The molecule has 5 aliphatic rings. The molecule has 10 atom stereocenters. The molecule has 5 aliphatic carbocycles. The molecule has 44 heavy (non-hydrogen) atoms. The fourth-order valence-electron chi connectivity index (χ4n) is 12.9. The van der Waals surface area contributed by atoms with Crippen LogP contribution in [0.15, 0.2) is 12.2 Å². The molecule has 0 heterocycles. The minimum absolute atomic E-state index is 0.00122. The van der Waals surface area contributed by atoms with Gasteiger partial charge in [0.25, 0.3) is 0 Å². The summed E-state index contributed by atoms with van der Waals surface area (Å²) in [6.07, 6.45) is 15.2. The van der Waals surface area contributed by atoms with Crippen molar-refractivity contribution in [3.8, 4) is 0 Å². The number of amides is 1. The molecule has 0 aromatic carbocycles. The Bertz CT molecular complexity index is 1100. The average molecular weight is 614 g/mol. The van der Waals surface area contributed by atoms with Crippen LogP contribution in [-0.2, 0) is 9.59 Å². The van der Waals surface area contributed by atoms with Gasteiger partial charge in [0, 0.05) is 13.0 Å². The van der Waals surface area contributed by atoms with Crippen LogP contribution in [0.25, 0.3) is 0 Å². The number of aliphatic hydroxyl groups excluding tert-OH is 2. The third-order valence-electron chi connectivity index (χ3n) is 15.4. The minimum atomic E-state index is -0.726. The molecule has 4 N–H and O–H groups in total. The Kier molecular flexibility index (Phi) is 9.51. The maximum atomic E-state index is 14.3. The Labute approximate surface area is 267 Å². The Morgan fingerprint density at radius 2 is 1.50 bits per heavy atom. The van der Waals surface area contributed by atoms with E-state index in [-0.39, 0.29) is 63.9 Å². The van der Waals surface area contributed by atoms with Gasteiger partial charge in [0.1, 0.15) is 0 Å². The summed E-state index contributed by atoms with van der Waals surface area (Å²) in [4.78, 5) is 25.0. The van der Waals surface area contributed by atoms with Gasteiger partial charge in [-0.15, -0.1) is 0 Å². The molecule has 5 rings (SSSR count). The van der Waals surface area contributed by atoms with E-state index in [1.165, 1.54) is 19.3 Å². The van der Waals surface area contributed by atoms with Gasteiger partial charge < -0.3 is 20.6 Å². The van der Waals surface area contributed by atoms with E-state index in [2.05, 4.69) is 46.5 Å². The number of fused-ring (bicyclic) bond motifs is 7. The van der Waals surface area contributed by atoms with Crippen molar-refractivity contribution in [3.05, 3.63) is 12.2 Å². The van der Waals surface area contributed by atoms with Gasteiger partial charge in [0.2, 0.25) is 5.91 Å². The Balaban J connectivity index is 1.35. The van der Waals surface area contributed by atoms with Crippen LogP contribution in [0.1, 0.15) is 137 Å². The third-order valence-corrected chi connectivity index (χ3v) is 15.4. The lowest BCUT2D eigenvalue weighted by atomic mass is 9.32. The summed E-state index contributed by atoms with van der Waals surface area (Å²) in [5, 5.41) is 33.5. The first-order chi connectivity index (χ1) is 20.7. The highest BCUT2D eigenvalue weighted by atomic mass is 16.4. The van der Waals surface area contributed by atoms with E-state index in [0.717, 1.165) is 82.6 Å². The fraction of sp³-hybridized carbons (Fsp3) is 0.895. The second-order valence-electron chi connectivity index (χ2n) is 17.4. The lowest BCUT2D eigenvalue weighted by Gasteiger charge is -2.72. The van der Waals surface area contributed by atoms with Crippen LogP contribution >= 0.6 is 0 Å². The zero-order chi connectivity index (χ0) is 32.1. The van der Waals surface area contributed by atoms with E-state index in [0.29, 0.717) is 24.3 Å². The van der Waals surface area contributed by atoms with Gasteiger partial charge in [-0.25, -0.2) is 0 Å². The molecule has 6 nitrogen and oxygen atoms in total. The van der Waals surface area contributed by atoms with E-state index in [1.807, 2.05) is 0 Å². The SMILES string of the molecule is C=C(CO)[C@@H]1CC[C@]2(C(=O)NCCCCCCCC(=O)O)CC[C@]3(C)[C@H](CCC4[C@@]5(C)CC[C@H](O)C(C)(C)[C@@H]5CC[C@]43C)[C@@H]12. The predicted molar refractivity (Wildman–Crippen MR) is 175 cm³/mol. The van der Waals surface area contributed by atoms with Crippen LogP contribution in [0.3, 0.4) is 0 Å². The van der Waals surface area contributed by atoms with Gasteiger partial charge in [-0.2, -0.15) is 0 Å². The van der Waals surface area contributed by atoms with Gasteiger partial charge in [-0.3, -0.25) is 9.59 Å². The number of carbonyl (C=O) groups excluding carboxylic acids is 1. The zero-order valence-corrected chi connectivity index (χ0v) is 28.6. The summed E-state index contributed by atoms with van der Waals surface area (Å²) < 4.78 is 0. The average Bonchev–Trinajstić information content (AvgIpc) is 3.37. The first-order valence-electron chi connectivity index (χ1n) is 18.2. The first kappa shape index (κ1) is 33.9. The first-order valence-corrected chi connectivity index (χ1v) is 18.2. The standard InChI is InChI=1S/C38H63NO5/c1-25(24-40)26-15-20-38(33(44)39-23-11-9-7-8-10-12-31(42)43)22-21-36(5)27(32(26)38)13-14-29-35(4)18-17-30(41)34(2,3)28(35)16-19-37(29,36)6/h26-30,32,40-41H,1,7-24H2,2-6H3,(H,39,44)(H,42,43)/t26-,27+,28-,29?,30-,32+,35-,36+,37+,38-/m0/s1. The monoisotopic (exact) mass is 613 g/mol. The van der Waals surface area contributed by atoms with Gasteiger partial charge in [-0.1, -0.05) is 60.5 Å². The summed E-state index contributed by atoms with van der Waals surface area (Å²) in [5.74, 6) is 1.53. The number of aliphatic hydroxyl groups is 2. The normalized spacial score (nSPS) is 44.1. The number of hydrogen-bond acceptors (Lipinski definition) is 4. The van der Waals surface area contributed by atoms with E-state index in [4.69, 9.17) is 5.11 Å². The van der Waals surface area contributed by atoms with Crippen molar-refractivity contribution >= 4 is 11.9 Å². The molecular formula is C38H63NO5. The smallest absolute Gasteiger partial charge is 0.303 e. The number of carboxylic acids is 1. The number of aliphatic carboxylic acids is 1. The van der Waals surface area contributed by atoms with Crippen LogP contribution in [0, 0.1) is 56.7 Å². The number of carbonyl (C=O) groups is 2. The fourth-order valence-corrected chi connectivity index (χ4v) is 12.9. The third kappa shape index (κ3) is 5.20. The number of hydrogen-bond donors (Lipinski definition) is 4. The second kappa shape index (κ2) is 12.3. The molecule has 0 bridgehead atoms. The lowest BCUT2D eigenvalue weighted by molar-refractivity contribution is -0.246. The molecular weight excluding hydrogens is 550 g/mol. The lowest BCUT2D eigenvalue weighted by Crippen LogP contribution is -2.67. The number of rotatable bonds is 11. The highest BCUT2D eigenvalue weighted by Crippen LogP contribution is 2.77. The van der Waals surface area contributed by atoms with E-state index in [1.54, 1.807) is 0 Å². The van der Waals surface area contributed by atoms with Gasteiger partial charge in [-0.05, 0) is 134 Å². The number of carboxylic acid groups (broad SMARTS) is 1. The minimum Gasteiger partial charge on any atom is -0.481 e. The molecule has 1 unspecified atom stereocenters. The van der Waals surface area contributed by atoms with Crippen molar-refractivity contribution in [2.75, 3.05) is 13.2 Å². The number of unbranched alkanes of at least 4 members (excludes halogenated alkanes) is 4. The second-order valence-corrected chi connectivity index (χ2v) is 17.4. The summed E-state index contributed by atoms with van der Waals surface area (Å²) in [7, 11) is 0. The van der Waals surface area contributed by atoms with Crippen molar-refractivity contribution < 1.29 is 24.9 Å². The summed E-state index contributed by atoms with van der Waals surface area (Å²) in [6, 6.07) is 0. The Morgan fingerprint density at radius 1 is 0.795 bits per heavy atom. The van der Waals surface area contributed by atoms with E-state index >= 15 is 0 Å². The molecule has 0 radical (unpaired) electrons. The molecule has 250 valence electrons. The molecule has 0 aliphatic heterocycles. The molecule has 5 fully saturated rings. The summed E-state index contributed by atoms with van der Waals surface area (Å²) in [6.45, 7) is 17.4. The molecule has 0 aromatic rings. The molecule has 0 spiro atoms.